The van der Waals surface area contributed by atoms with Gasteiger partial charge in [-0.2, -0.15) is 0 Å². The molecule has 1 fully saturated rings. The molecule has 0 spiro atoms. The molecule has 0 atom stereocenters. The Hall–Kier alpha value is -2.10. The maximum Gasteiger partial charge on any atom is 0.307 e. The lowest BCUT2D eigenvalue weighted by Crippen LogP contribution is -2.38. The number of anilines is 1. The summed E-state index contributed by atoms with van der Waals surface area (Å²) in [5.41, 5.74) is 3.26. The van der Waals surface area contributed by atoms with E-state index >= 15 is 0 Å². The van der Waals surface area contributed by atoms with Crippen LogP contribution in [0, 0.1) is 13.8 Å². The first-order chi connectivity index (χ1) is 13.6. The number of hydrogen-bond donors (Lipinski definition) is 0. The molecule has 148 valence electrons. The largest absolute Gasteiger partial charge is 0.378 e. The number of aryl methyl sites for hydroxylation is 2. The van der Waals surface area contributed by atoms with E-state index in [0.29, 0.717) is 19.8 Å². The first-order valence-electron chi connectivity index (χ1n) is 9.27. The average molecular weight is 418 g/mol. The topological polar surface area (TPSA) is 65.2 Å². The summed E-state index contributed by atoms with van der Waals surface area (Å²) < 4.78 is 9.44. The van der Waals surface area contributed by atoms with Crippen molar-refractivity contribution in [3.63, 3.8) is 0 Å². The summed E-state index contributed by atoms with van der Waals surface area (Å²) in [5.74, 6) is 1.61. The third-order valence-corrected chi connectivity index (χ3v) is 6.58. The Bertz CT molecular complexity index is 1000. The van der Waals surface area contributed by atoms with Crippen molar-refractivity contribution < 1.29 is 4.74 Å². The lowest BCUT2D eigenvalue weighted by atomic mass is 10.2. The van der Waals surface area contributed by atoms with Crippen LogP contribution in [-0.4, -0.2) is 51.4 Å². The predicted octanol–water partition coefficient (Wildman–Crippen LogP) is 2.74. The first kappa shape index (κ1) is 19.2. The molecule has 4 rings (SSSR count). The average Bonchev–Trinajstić information content (AvgIpc) is 3.27. The highest BCUT2D eigenvalue weighted by Crippen LogP contribution is 2.29. The van der Waals surface area contributed by atoms with Gasteiger partial charge in [0, 0.05) is 36.5 Å². The van der Waals surface area contributed by atoms with Gasteiger partial charge in [-0.05, 0) is 25.5 Å². The summed E-state index contributed by atoms with van der Waals surface area (Å²) in [7, 11) is 0. The third-order valence-electron chi connectivity index (χ3n) is 4.79. The number of hydrogen-bond acceptors (Lipinski definition) is 7. The monoisotopic (exact) mass is 417 g/mol. The molecule has 0 unspecified atom stereocenters. The zero-order valence-electron chi connectivity index (χ0n) is 16.0. The summed E-state index contributed by atoms with van der Waals surface area (Å²) in [5, 5.41) is 11.7. The normalized spacial score (nSPS) is 14.6. The zero-order chi connectivity index (χ0) is 19.5. The van der Waals surface area contributed by atoms with Gasteiger partial charge in [0.2, 0.25) is 5.95 Å². The molecular weight excluding hydrogens is 394 g/mol. The van der Waals surface area contributed by atoms with Gasteiger partial charge >= 0.3 is 4.87 Å². The lowest BCUT2D eigenvalue weighted by Gasteiger charge is -2.28. The van der Waals surface area contributed by atoms with Gasteiger partial charge in [-0.25, -0.2) is 0 Å². The highest BCUT2D eigenvalue weighted by molar-refractivity contribution is 7.99. The lowest BCUT2D eigenvalue weighted by molar-refractivity contribution is 0.122. The molecule has 1 aromatic carbocycles. The highest BCUT2D eigenvalue weighted by Gasteiger charge is 2.22. The van der Waals surface area contributed by atoms with E-state index < -0.39 is 0 Å². The van der Waals surface area contributed by atoms with E-state index in [1.54, 1.807) is 11.8 Å². The molecule has 0 aliphatic carbocycles. The van der Waals surface area contributed by atoms with Crippen molar-refractivity contribution >= 4 is 29.0 Å². The maximum atomic E-state index is 11.9. The van der Waals surface area contributed by atoms with Gasteiger partial charge in [-0.3, -0.25) is 9.36 Å². The number of thiazole rings is 1. The van der Waals surface area contributed by atoms with E-state index in [2.05, 4.69) is 38.7 Å². The number of nitrogens with zero attached hydrogens (tertiary/aromatic N) is 5. The highest BCUT2D eigenvalue weighted by atomic mass is 32.2. The Morgan fingerprint density at radius 3 is 2.68 bits per heavy atom. The van der Waals surface area contributed by atoms with Gasteiger partial charge in [-0.15, -0.1) is 10.2 Å². The fourth-order valence-electron chi connectivity index (χ4n) is 3.25. The molecule has 0 bridgehead atoms. The molecule has 0 saturated carbocycles. The van der Waals surface area contributed by atoms with E-state index in [-0.39, 0.29) is 4.87 Å². The van der Waals surface area contributed by atoms with Crippen molar-refractivity contribution in [2.24, 2.45) is 0 Å². The molecule has 9 heteroatoms. The summed E-state index contributed by atoms with van der Waals surface area (Å²) in [6, 6.07) is 8.27. The zero-order valence-corrected chi connectivity index (χ0v) is 17.6. The van der Waals surface area contributed by atoms with Crippen LogP contribution in [0.2, 0.25) is 0 Å². The van der Waals surface area contributed by atoms with Crippen molar-refractivity contribution in [1.29, 1.82) is 0 Å². The second-order valence-electron chi connectivity index (χ2n) is 6.65. The maximum absolute atomic E-state index is 11.9. The smallest absolute Gasteiger partial charge is 0.307 e. The first-order valence-corrected chi connectivity index (χ1v) is 11.1. The Balaban J connectivity index is 1.62. The number of rotatable bonds is 6. The van der Waals surface area contributed by atoms with E-state index in [1.165, 1.54) is 16.9 Å². The van der Waals surface area contributed by atoms with Crippen LogP contribution < -0.4 is 9.77 Å². The molecule has 1 saturated heterocycles. The van der Waals surface area contributed by atoms with Crippen LogP contribution in [0.4, 0.5) is 5.95 Å². The van der Waals surface area contributed by atoms with Crippen LogP contribution in [0.3, 0.4) is 0 Å². The Kier molecular flexibility index (Phi) is 5.84. The van der Waals surface area contributed by atoms with Gasteiger partial charge < -0.3 is 14.2 Å². The van der Waals surface area contributed by atoms with Crippen molar-refractivity contribution in [1.82, 2.24) is 19.3 Å². The van der Waals surface area contributed by atoms with Gasteiger partial charge in [0.1, 0.15) is 0 Å². The fraction of sp³-hybridized carbons (Fsp3) is 0.421. The second kappa shape index (κ2) is 8.50. The summed E-state index contributed by atoms with van der Waals surface area (Å²) in [6.07, 6.45) is 0. The minimum absolute atomic E-state index is 0.0903. The third kappa shape index (κ3) is 3.87. The van der Waals surface area contributed by atoms with E-state index in [0.717, 1.165) is 41.3 Å². The number of ether oxygens (including phenoxy) is 1. The quantitative estimate of drug-likeness (QED) is 0.575. The number of aromatic nitrogens is 4. The van der Waals surface area contributed by atoms with Crippen molar-refractivity contribution in [3.8, 4) is 5.69 Å². The molecule has 3 heterocycles. The van der Waals surface area contributed by atoms with Crippen molar-refractivity contribution in [2.75, 3.05) is 37.0 Å². The van der Waals surface area contributed by atoms with Crippen LogP contribution in [0.15, 0.2) is 39.6 Å². The standard InChI is InChI=1S/C19H23N5O2S2/c1-14-5-3-4-6-16(14)24-17(22-7-10-26-11-8-22)20-21-18(24)27-12-9-23-15(2)13-28-19(23)25/h3-6,13H,7-12H2,1-2H3. The molecule has 28 heavy (non-hydrogen) atoms. The van der Waals surface area contributed by atoms with E-state index in [1.807, 2.05) is 29.0 Å². The molecule has 1 aliphatic rings. The number of morpholine rings is 1. The molecular formula is C19H23N5O2S2. The van der Waals surface area contributed by atoms with Crippen LogP contribution in [-0.2, 0) is 11.3 Å². The molecule has 7 nitrogen and oxygen atoms in total. The molecule has 0 radical (unpaired) electrons. The van der Waals surface area contributed by atoms with Crippen LogP contribution in [0.25, 0.3) is 5.69 Å². The summed E-state index contributed by atoms with van der Waals surface area (Å²) >= 11 is 2.88. The minimum atomic E-state index is 0.0903. The van der Waals surface area contributed by atoms with Crippen molar-refractivity contribution in [3.05, 3.63) is 50.6 Å². The molecule has 3 aromatic rings. The Labute approximate surface area is 172 Å². The van der Waals surface area contributed by atoms with E-state index in [4.69, 9.17) is 4.74 Å². The number of para-hydroxylation sites is 1. The predicted molar refractivity (Wildman–Crippen MR) is 113 cm³/mol. The number of thioether (sulfide) groups is 1. The van der Waals surface area contributed by atoms with E-state index in [9.17, 15) is 4.79 Å². The molecule has 2 aromatic heterocycles. The van der Waals surface area contributed by atoms with Gasteiger partial charge in [0.05, 0.1) is 18.9 Å². The van der Waals surface area contributed by atoms with Crippen LogP contribution >= 0.6 is 23.1 Å². The SMILES string of the molecule is Cc1ccccc1-n1c(SCCn2c(C)csc2=O)nnc1N1CCOCC1. The van der Waals surface area contributed by atoms with Crippen LogP contribution in [0.5, 0.6) is 0 Å². The fourth-order valence-corrected chi connectivity index (χ4v) is 4.88. The summed E-state index contributed by atoms with van der Waals surface area (Å²) in [4.78, 5) is 14.3. The van der Waals surface area contributed by atoms with Gasteiger partial charge in [0.15, 0.2) is 5.16 Å². The molecule has 0 amide bonds. The minimum Gasteiger partial charge on any atom is -0.378 e. The second-order valence-corrected chi connectivity index (χ2v) is 8.53. The van der Waals surface area contributed by atoms with Gasteiger partial charge in [0.25, 0.3) is 0 Å². The Morgan fingerprint density at radius 2 is 1.96 bits per heavy atom. The summed E-state index contributed by atoms with van der Waals surface area (Å²) in [6.45, 7) is 7.73. The molecule has 0 N–H and O–H groups in total. The molecule has 1 aliphatic heterocycles. The number of benzene rings is 1. The van der Waals surface area contributed by atoms with Crippen molar-refractivity contribution in [2.45, 2.75) is 25.5 Å². The Morgan fingerprint density at radius 1 is 1.18 bits per heavy atom. The van der Waals surface area contributed by atoms with Gasteiger partial charge in [-0.1, -0.05) is 41.3 Å². The van der Waals surface area contributed by atoms with Crippen LogP contribution in [0.1, 0.15) is 11.3 Å².